The molecule has 5 nitrogen and oxygen atoms in total. The van der Waals surface area contributed by atoms with Crippen LogP contribution in [0.5, 0.6) is 0 Å². The Hall–Kier alpha value is -2.17. The molecule has 0 bridgehead atoms. The van der Waals surface area contributed by atoms with Gasteiger partial charge in [0.25, 0.3) is 0 Å². The molecular weight excluding hydrogens is 228 g/mol. The van der Waals surface area contributed by atoms with Gasteiger partial charge in [-0.3, -0.25) is 9.89 Å². The second kappa shape index (κ2) is 4.60. The fourth-order valence-electron chi connectivity index (χ4n) is 1.42. The molecule has 0 saturated carbocycles. The van der Waals surface area contributed by atoms with Crippen LogP contribution in [0.3, 0.4) is 0 Å². The third-order valence-corrected chi connectivity index (χ3v) is 2.51. The van der Waals surface area contributed by atoms with Gasteiger partial charge in [0.2, 0.25) is 5.91 Å². The number of H-pyrrole nitrogens is 1. The van der Waals surface area contributed by atoms with E-state index in [1.54, 1.807) is 6.20 Å². The summed E-state index contributed by atoms with van der Waals surface area (Å²) in [7, 11) is 0. The van der Waals surface area contributed by atoms with E-state index in [0.29, 0.717) is 0 Å². The van der Waals surface area contributed by atoms with E-state index >= 15 is 0 Å². The zero-order valence-corrected chi connectivity index (χ0v) is 10.7. The van der Waals surface area contributed by atoms with E-state index in [9.17, 15) is 4.79 Å². The minimum absolute atomic E-state index is 0.0141. The smallest absolute Gasteiger partial charge is 0.229 e. The van der Waals surface area contributed by atoms with Crippen LogP contribution in [0, 0.1) is 5.41 Å². The monoisotopic (exact) mass is 244 g/mol. The highest BCUT2D eigenvalue weighted by Crippen LogP contribution is 2.22. The molecule has 5 heteroatoms. The molecule has 1 amide bonds. The van der Waals surface area contributed by atoms with Crippen LogP contribution in [-0.2, 0) is 4.79 Å². The lowest BCUT2D eigenvalue weighted by molar-refractivity contribution is -0.123. The number of aromatic amines is 1. The number of carbonyl (C=O) groups is 1. The summed E-state index contributed by atoms with van der Waals surface area (Å²) < 4.78 is 0. The van der Waals surface area contributed by atoms with Crippen molar-refractivity contribution in [3.05, 3.63) is 30.5 Å². The number of aromatic nitrogens is 3. The van der Waals surface area contributed by atoms with Crippen LogP contribution < -0.4 is 5.32 Å². The molecule has 2 N–H and O–H groups in total. The Bertz CT molecular complexity index is 540. The standard InChI is InChI=1S/C13H16N4O/c1-13(2,3)12(18)15-10-6-4-5-9(7-10)11-8-14-17-16-11/h4-8H,1-3H3,(H,15,18)(H,14,16,17). The van der Waals surface area contributed by atoms with Gasteiger partial charge in [0, 0.05) is 22.9 Å². The molecule has 0 radical (unpaired) electrons. The van der Waals surface area contributed by atoms with Crippen molar-refractivity contribution in [3.8, 4) is 11.3 Å². The van der Waals surface area contributed by atoms with Gasteiger partial charge in [0.1, 0.15) is 5.69 Å². The van der Waals surface area contributed by atoms with Gasteiger partial charge in [-0.1, -0.05) is 38.1 Å². The Kier molecular flexibility index (Phi) is 3.14. The number of nitrogens with one attached hydrogen (secondary N) is 2. The van der Waals surface area contributed by atoms with Crippen molar-refractivity contribution in [2.45, 2.75) is 20.8 Å². The van der Waals surface area contributed by atoms with E-state index in [1.807, 2.05) is 45.0 Å². The summed E-state index contributed by atoms with van der Waals surface area (Å²) in [6.07, 6.45) is 1.71. The van der Waals surface area contributed by atoms with Crippen LogP contribution in [0.15, 0.2) is 30.5 Å². The van der Waals surface area contributed by atoms with Crippen LogP contribution in [0.4, 0.5) is 5.69 Å². The number of benzene rings is 1. The van der Waals surface area contributed by atoms with Crippen molar-refractivity contribution in [2.75, 3.05) is 5.32 Å². The SMILES string of the molecule is CC(C)(C)C(=O)Nc1cccc(-c2c[nH]nn2)c1. The highest BCUT2D eigenvalue weighted by Gasteiger charge is 2.21. The summed E-state index contributed by atoms with van der Waals surface area (Å²) in [5.74, 6) is -0.0141. The first kappa shape index (κ1) is 12.3. The van der Waals surface area contributed by atoms with Crippen LogP contribution in [-0.4, -0.2) is 21.3 Å². The molecule has 0 aliphatic carbocycles. The summed E-state index contributed by atoms with van der Waals surface area (Å²) in [5, 5.41) is 13.2. The molecule has 1 aromatic heterocycles. The summed E-state index contributed by atoms with van der Waals surface area (Å²) in [5.41, 5.74) is 2.01. The highest BCUT2D eigenvalue weighted by atomic mass is 16.2. The van der Waals surface area contributed by atoms with Gasteiger partial charge < -0.3 is 5.32 Å². The predicted octanol–water partition coefficient (Wildman–Crippen LogP) is 2.46. The fraction of sp³-hybridized carbons (Fsp3) is 0.308. The van der Waals surface area contributed by atoms with Crippen molar-refractivity contribution in [1.29, 1.82) is 0 Å². The molecule has 0 unspecified atom stereocenters. The largest absolute Gasteiger partial charge is 0.326 e. The number of hydrogen-bond acceptors (Lipinski definition) is 3. The first-order valence-corrected chi connectivity index (χ1v) is 5.75. The van der Waals surface area contributed by atoms with Gasteiger partial charge >= 0.3 is 0 Å². The lowest BCUT2D eigenvalue weighted by atomic mass is 9.95. The second-order valence-electron chi connectivity index (χ2n) is 5.14. The van der Waals surface area contributed by atoms with Crippen LogP contribution in [0.2, 0.25) is 0 Å². The van der Waals surface area contributed by atoms with E-state index in [-0.39, 0.29) is 5.91 Å². The van der Waals surface area contributed by atoms with Gasteiger partial charge in [-0.2, -0.15) is 0 Å². The minimum atomic E-state index is -0.413. The topological polar surface area (TPSA) is 70.7 Å². The molecule has 2 aromatic rings. The Labute approximate surface area is 106 Å². The second-order valence-corrected chi connectivity index (χ2v) is 5.14. The first-order chi connectivity index (χ1) is 8.47. The average molecular weight is 244 g/mol. The molecule has 0 aliphatic rings. The van der Waals surface area contributed by atoms with Crippen molar-refractivity contribution in [2.24, 2.45) is 5.41 Å². The number of anilines is 1. The van der Waals surface area contributed by atoms with E-state index in [2.05, 4.69) is 20.7 Å². The normalized spacial score (nSPS) is 11.3. The Balaban J connectivity index is 2.21. The van der Waals surface area contributed by atoms with Crippen molar-refractivity contribution in [3.63, 3.8) is 0 Å². The zero-order chi connectivity index (χ0) is 13.2. The van der Waals surface area contributed by atoms with Gasteiger partial charge in [-0.15, -0.1) is 5.10 Å². The molecule has 1 aromatic carbocycles. The average Bonchev–Trinajstić information content (AvgIpc) is 2.81. The molecule has 0 atom stereocenters. The third kappa shape index (κ3) is 2.74. The maximum absolute atomic E-state index is 11.9. The molecular formula is C13H16N4O. The number of hydrogen-bond donors (Lipinski definition) is 2. The molecule has 0 saturated heterocycles. The molecule has 94 valence electrons. The number of rotatable bonds is 2. The zero-order valence-electron chi connectivity index (χ0n) is 10.7. The summed E-state index contributed by atoms with van der Waals surface area (Å²) in [6.45, 7) is 5.64. The number of amides is 1. The Morgan fingerprint density at radius 1 is 1.33 bits per heavy atom. The maximum atomic E-state index is 11.9. The predicted molar refractivity (Wildman–Crippen MR) is 69.9 cm³/mol. The molecule has 0 fully saturated rings. The van der Waals surface area contributed by atoms with Gasteiger partial charge in [0.15, 0.2) is 0 Å². The van der Waals surface area contributed by atoms with Crippen LogP contribution >= 0.6 is 0 Å². The molecule has 0 aliphatic heterocycles. The summed E-state index contributed by atoms with van der Waals surface area (Å²) >= 11 is 0. The van der Waals surface area contributed by atoms with Gasteiger partial charge in [-0.25, -0.2) is 0 Å². The quantitative estimate of drug-likeness (QED) is 0.852. The van der Waals surface area contributed by atoms with Gasteiger partial charge in [-0.05, 0) is 12.1 Å². The van der Waals surface area contributed by atoms with Crippen LogP contribution in [0.25, 0.3) is 11.3 Å². The molecule has 1 heterocycles. The van der Waals surface area contributed by atoms with Crippen molar-refractivity contribution >= 4 is 11.6 Å². The molecule has 18 heavy (non-hydrogen) atoms. The van der Waals surface area contributed by atoms with E-state index in [1.165, 1.54) is 0 Å². The minimum Gasteiger partial charge on any atom is -0.326 e. The maximum Gasteiger partial charge on any atom is 0.229 e. The van der Waals surface area contributed by atoms with Gasteiger partial charge in [0.05, 0.1) is 0 Å². The lowest BCUT2D eigenvalue weighted by Gasteiger charge is -2.17. The third-order valence-electron chi connectivity index (χ3n) is 2.51. The summed E-state index contributed by atoms with van der Waals surface area (Å²) in [4.78, 5) is 11.9. The van der Waals surface area contributed by atoms with E-state index in [4.69, 9.17) is 0 Å². The molecule has 0 spiro atoms. The van der Waals surface area contributed by atoms with E-state index < -0.39 is 5.41 Å². The van der Waals surface area contributed by atoms with Crippen LogP contribution in [0.1, 0.15) is 20.8 Å². The molecule has 2 rings (SSSR count). The number of nitrogens with zero attached hydrogens (tertiary/aromatic N) is 2. The Morgan fingerprint density at radius 2 is 2.11 bits per heavy atom. The lowest BCUT2D eigenvalue weighted by Crippen LogP contribution is -2.27. The fourth-order valence-corrected chi connectivity index (χ4v) is 1.42. The van der Waals surface area contributed by atoms with E-state index in [0.717, 1.165) is 16.9 Å². The summed E-state index contributed by atoms with van der Waals surface area (Å²) in [6, 6.07) is 7.53. The van der Waals surface area contributed by atoms with Crippen molar-refractivity contribution < 1.29 is 4.79 Å². The Morgan fingerprint density at radius 3 is 2.72 bits per heavy atom. The number of carbonyl (C=O) groups excluding carboxylic acids is 1. The van der Waals surface area contributed by atoms with Crippen molar-refractivity contribution in [1.82, 2.24) is 15.4 Å². The highest BCUT2D eigenvalue weighted by molar-refractivity contribution is 5.95. The first-order valence-electron chi connectivity index (χ1n) is 5.75.